The summed E-state index contributed by atoms with van der Waals surface area (Å²) in [5.74, 6) is 0.295. The fraction of sp³-hybridized carbons (Fsp3) is 0.625. The third kappa shape index (κ3) is 7.02. The van der Waals surface area contributed by atoms with Crippen LogP contribution in [0, 0.1) is 11.3 Å². The van der Waals surface area contributed by atoms with E-state index in [1.165, 1.54) is 11.8 Å². The van der Waals surface area contributed by atoms with Crippen LogP contribution in [0.4, 0.5) is 0 Å². The van der Waals surface area contributed by atoms with E-state index in [4.69, 9.17) is 21.7 Å². The number of benzene rings is 1. The number of esters is 1. The van der Waals surface area contributed by atoms with Crippen LogP contribution in [-0.2, 0) is 25.7 Å². The predicted octanol–water partition coefficient (Wildman–Crippen LogP) is 5.21. The Morgan fingerprint density at radius 1 is 1.23 bits per heavy atom. The maximum Gasteiger partial charge on any atom is 0.312 e. The zero-order valence-electron chi connectivity index (χ0n) is 19.4. The number of hydrogen-bond donors (Lipinski definition) is 0. The van der Waals surface area contributed by atoms with Crippen molar-refractivity contribution in [2.45, 2.75) is 79.2 Å². The summed E-state index contributed by atoms with van der Waals surface area (Å²) in [5.41, 5.74) is 0.274. The van der Waals surface area contributed by atoms with E-state index < -0.39 is 23.6 Å². The number of amides is 1. The van der Waals surface area contributed by atoms with E-state index in [2.05, 4.69) is 13.8 Å². The molecule has 0 aliphatic carbocycles. The van der Waals surface area contributed by atoms with Crippen molar-refractivity contribution in [2.75, 3.05) is 5.75 Å². The molecule has 0 spiro atoms. The molecule has 1 aromatic carbocycles. The van der Waals surface area contributed by atoms with Crippen LogP contribution < -0.4 is 0 Å². The van der Waals surface area contributed by atoms with E-state index in [0.29, 0.717) is 17.3 Å². The molecule has 1 fully saturated rings. The maximum atomic E-state index is 13.7. The molecule has 1 aliphatic heterocycles. The van der Waals surface area contributed by atoms with Crippen LogP contribution in [0.3, 0.4) is 0 Å². The Balaban J connectivity index is 2.32. The highest BCUT2D eigenvalue weighted by Gasteiger charge is 2.44. The molecular weight excluding hydrogens is 430 g/mol. The third-order valence-corrected chi connectivity index (χ3v) is 6.72. The molecule has 0 bridgehead atoms. The lowest BCUT2D eigenvalue weighted by Crippen LogP contribution is -2.52. The average molecular weight is 466 g/mol. The van der Waals surface area contributed by atoms with Gasteiger partial charge in [0, 0.05) is 5.75 Å². The minimum atomic E-state index is -1.03. The molecule has 0 N–H and O–H groups in total. The topological polar surface area (TPSA) is 55.8 Å². The van der Waals surface area contributed by atoms with Crippen molar-refractivity contribution in [1.29, 1.82) is 0 Å². The second-order valence-electron chi connectivity index (χ2n) is 9.30. The SMILES string of the molecule is CCC[C@@H](OCc1ccccc1)[C@@H](OC(=O)C(C)(C)C)C(=O)N1C(=S)SC[C@@H]1C(C)C. The summed E-state index contributed by atoms with van der Waals surface area (Å²) in [6.45, 7) is 11.9. The Labute approximate surface area is 196 Å². The maximum absolute atomic E-state index is 13.7. The van der Waals surface area contributed by atoms with Gasteiger partial charge in [-0.3, -0.25) is 14.5 Å². The first-order chi connectivity index (χ1) is 14.6. The van der Waals surface area contributed by atoms with Gasteiger partial charge in [0.05, 0.1) is 18.1 Å². The van der Waals surface area contributed by atoms with Gasteiger partial charge in [-0.1, -0.05) is 81.5 Å². The number of thioether (sulfide) groups is 1. The number of carbonyl (C=O) groups is 2. The molecule has 3 atom stereocenters. The lowest BCUT2D eigenvalue weighted by molar-refractivity contribution is -0.177. The summed E-state index contributed by atoms with van der Waals surface area (Å²) in [6, 6.07) is 9.77. The molecule has 1 aliphatic rings. The van der Waals surface area contributed by atoms with Crippen molar-refractivity contribution in [3.8, 4) is 0 Å². The number of rotatable bonds is 9. The molecular formula is C24H35NO4S2. The van der Waals surface area contributed by atoms with E-state index in [1.807, 2.05) is 37.3 Å². The van der Waals surface area contributed by atoms with E-state index in [9.17, 15) is 9.59 Å². The summed E-state index contributed by atoms with van der Waals surface area (Å²) >= 11 is 7.00. The summed E-state index contributed by atoms with van der Waals surface area (Å²) in [7, 11) is 0. The minimum absolute atomic E-state index is 0.0164. The van der Waals surface area contributed by atoms with Gasteiger partial charge in [-0.25, -0.2) is 0 Å². The van der Waals surface area contributed by atoms with Crippen molar-refractivity contribution < 1.29 is 19.1 Å². The predicted molar refractivity (Wildman–Crippen MR) is 130 cm³/mol. The summed E-state index contributed by atoms with van der Waals surface area (Å²) in [5, 5.41) is 0. The van der Waals surface area contributed by atoms with Crippen LogP contribution in [0.15, 0.2) is 30.3 Å². The highest BCUT2D eigenvalue weighted by Crippen LogP contribution is 2.31. The van der Waals surface area contributed by atoms with Crippen molar-refractivity contribution in [3.05, 3.63) is 35.9 Å². The van der Waals surface area contributed by atoms with E-state index >= 15 is 0 Å². The second kappa shape index (κ2) is 11.4. The van der Waals surface area contributed by atoms with Crippen LogP contribution in [0.25, 0.3) is 0 Å². The van der Waals surface area contributed by atoms with Gasteiger partial charge in [-0.05, 0) is 38.7 Å². The summed E-state index contributed by atoms with van der Waals surface area (Å²) in [4.78, 5) is 28.2. The standard InChI is InChI=1S/C24H35NO4S2/c1-7-11-19(28-14-17-12-9-8-10-13-17)20(29-22(27)24(4,5)6)21(26)25-18(16(2)3)15-31-23(25)30/h8-10,12-13,16,18-20H,7,11,14-15H2,1-6H3/t18-,19-,20-/m1/s1. The molecule has 0 saturated carbocycles. The zero-order valence-corrected chi connectivity index (χ0v) is 21.1. The third-order valence-electron chi connectivity index (χ3n) is 5.22. The summed E-state index contributed by atoms with van der Waals surface area (Å²) < 4.78 is 12.6. The highest BCUT2D eigenvalue weighted by atomic mass is 32.2. The molecule has 5 nitrogen and oxygen atoms in total. The first-order valence-electron chi connectivity index (χ1n) is 10.9. The van der Waals surface area contributed by atoms with Gasteiger partial charge in [-0.2, -0.15) is 0 Å². The van der Waals surface area contributed by atoms with Crippen molar-refractivity contribution in [1.82, 2.24) is 4.90 Å². The molecule has 2 rings (SSSR count). The van der Waals surface area contributed by atoms with Crippen LogP contribution in [0.2, 0.25) is 0 Å². The Hall–Kier alpha value is -1.44. The van der Waals surface area contributed by atoms with Gasteiger partial charge >= 0.3 is 5.97 Å². The lowest BCUT2D eigenvalue weighted by atomic mass is 9.96. The summed E-state index contributed by atoms with van der Waals surface area (Å²) in [6.07, 6.45) is -0.192. The number of hydrogen-bond acceptors (Lipinski definition) is 6. The first-order valence-corrected chi connectivity index (χ1v) is 12.3. The van der Waals surface area contributed by atoms with Crippen molar-refractivity contribution in [3.63, 3.8) is 0 Å². The molecule has 1 amide bonds. The van der Waals surface area contributed by atoms with Gasteiger partial charge in [0.2, 0.25) is 6.10 Å². The Kier molecular flexibility index (Phi) is 9.52. The van der Waals surface area contributed by atoms with Gasteiger partial charge in [-0.15, -0.1) is 0 Å². The largest absolute Gasteiger partial charge is 0.449 e. The van der Waals surface area contributed by atoms with Crippen molar-refractivity contribution in [2.24, 2.45) is 11.3 Å². The molecule has 0 aromatic heterocycles. The lowest BCUT2D eigenvalue weighted by Gasteiger charge is -2.34. The van der Waals surface area contributed by atoms with Crippen LogP contribution in [0.1, 0.15) is 59.9 Å². The highest BCUT2D eigenvalue weighted by molar-refractivity contribution is 8.23. The van der Waals surface area contributed by atoms with E-state index in [-0.39, 0.29) is 17.9 Å². The Morgan fingerprint density at radius 3 is 2.42 bits per heavy atom. The quantitative estimate of drug-likeness (QED) is 0.368. The molecule has 0 unspecified atom stereocenters. The smallest absolute Gasteiger partial charge is 0.312 e. The molecule has 1 aromatic rings. The number of nitrogens with zero attached hydrogens (tertiary/aromatic N) is 1. The number of ether oxygens (including phenoxy) is 2. The van der Waals surface area contributed by atoms with Crippen molar-refractivity contribution >= 4 is 40.2 Å². The zero-order chi connectivity index (χ0) is 23.2. The number of thiocarbonyl (C=S) groups is 1. The fourth-order valence-electron chi connectivity index (χ4n) is 3.28. The van der Waals surface area contributed by atoms with Gasteiger partial charge in [0.1, 0.15) is 10.4 Å². The molecule has 1 heterocycles. The second-order valence-corrected chi connectivity index (χ2v) is 10.9. The van der Waals surface area contributed by atoms with Crippen LogP contribution in [-0.4, -0.2) is 45.1 Å². The monoisotopic (exact) mass is 465 g/mol. The fourth-order valence-corrected chi connectivity index (χ4v) is 4.92. The molecule has 7 heteroatoms. The minimum Gasteiger partial charge on any atom is -0.449 e. The molecule has 31 heavy (non-hydrogen) atoms. The Bertz CT molecular complexity index is 761. The van der Waals surface area contributed by atoms with E-state index in [0.717, 1.165) is 17.7 Å². The normalized spacial score (nSPS) is 18.9. The van der Waals surface area contributed by atoms with Gasteiger partial charge in [0.25, 0.3) is 5.91 Å². The van der Waals surface area contributed by atoms with Gasteiger partial charge in [0.15, 0.2) is 0 Å². The first kappa shape index (κ1) is 25.8. The molecule has 172 valence electrons. The average Bonchev–Trinajstić information content (AvgIpc) is 3.10. The molecule has 0 radical (unpaired) electrons. The van der Waals surface area contributed by atoms with E-state index in [1.54, 1.807) is 25.7 Å². The van der Waals surface area contributed by atoms with Crippen LogP contribution in [0.5, 0.6) is 0 Å². The van der Waals surface area contributed by atoms with Crippen LogP contribution >= 0.6 is 24.0 Å². The number of carbonyl (C=O) groups excluding carboxylic acids is 2. The Morgan fingerprint density at radius 2 is 1.87 bits per heavy atom. The van der Waals surface area contributed by atoms with Gasteiger partial charge < -0.3 is 9.47 Å². The molecule has 1 saturated heterocycles.